The highest BCUT2D eigenvalue weighted by Gasteiger charge is 2.18. The molecule has 5 nitrogen and oxygen atoms in total. The maximum Gasteiger partial charge on any atom is 0.373 e. The van der Waals surface area contributed by atoms with Crippen LogP contribution in [0.25, 0.3) is 10.9 Å². The number of hydrogen-bond donors (Lipinski definition) is 1. The van der Waals surface area contributed by atoms with Gasteiger partial charge in [0.25, 0.3) is 0 Å². The number of fused-ring (bicyclic) bond motifs is 1. The topological polar surface area (TPSA) is 63.3 Å². The lowest BCUT2D eigenvalue weighted by atomic mass is 10.2. The van der Waals surface area contributed by atoms with Crippen LogP contribution in [0.1, 0.15) is 0 Å². The Labute approximate surface area is 92.8 Å². The first-order valence-corrected chi connectivity index (χ1v) is 6.74. The normalized spacial score (nSPS) is 14.7. The zero-order chi connectivity index (χ0) is 11.8. The van der Waals surface area contributed by atoms with Crippen LogP contribution >= 0.6 is 7.60 Å². The molecule has 16 heavy (non-hydrogen) atoms. The van der Waals surface area contributed by atoms with Crippen molar-refractivity contribution in [2.24, 2.45) is 7.05 Å². The van der Waals surface area contributed by atoms with Gasteiger partial charge in [0.15, 0.2) is 7.05 Å². The first-order valence-electron chi connectivity index (χ1n) is 4.71. The fraction of sp³-hybridized carbons (Fsp3) is 0.200. The van der Waals surface area contributed by atoms with E-state index in [0.29, 0.717) is 5.75 Å². The predicted octanol–water partition coefficient (Wildman–Crippen LogP) is 1.25. The van der Waals surface area contributed by atoms with Crippen LogP contribution in [-0.4, -0.2) is 16.7 Å². The predicted molar refractivity (Wildman–Crippen MR) is 59.3 cm³/mol. The lowest BCUT2D eigenvalue weighted by Crippen LogP contribution is -2.32. The number of benzene rings is 1. The SMILES string of the molecule is C[n+]1cc(OP(C)(=O)O)c2ccccc2n1. The summed E-state index contributed by atoms with van der Waals surface area (Å²) in [6, 6.07) is 7.30. The van der Waals surface area contributed by atoms with Gasteiger partial charge in [0.2, 0.25) is 11.9 Å². The average molecular weight is 239 g/mol. The second-order valence-corrected chi connectivity index (χ2v) is 5.37. The zero-order valence-electron chi connectivity index (χ0n) is 8.99. The van der Waals surface area contributed by atoms with Crippen LogP contribution in [0.5, 0.6) is 5.75 Å². The van der Waals surface area contributed by atoms with E-state index in [0.717, 1.165) is 17.6 Å². The minimum absolute atomic E-state index is 0.362. The minimum Gasteiger partial charge on any atom is -0.417 e. The van der Waals surface area contributed by atoms with Crippen LogP contribution < -0.4 is 9.21 Å². The molecule has 1 aromatic heterocycles. The second kappa shape index (κ2) is 3.85. The van der Waals surface area contributed by atoms with Gasteiger partial charge in [-0.25, -0.2) is 4.57 Å². The van der Waals surface area contributed by atoms with Gasteiger partial charge < -0.3 is 9.42 Å². The molecule has 0 aliphatic carbocycles. The first kappa shape index (κ1) is 11.0. The van der Waals surface area contributed by atoms with Crippen molar-refractivity contribution in [3.8, 4) is 5.75 Å². The highest BCUT2D eigenvalue weighted by molar-refractivity contribution is 7.52. The van der Waals surface area contributed by atoms with E-state index >= 15 is 0 Å². The van der Waals surface area contributed by atoms with Gasteiger partial charge >= 0.3 is 7.60 Å². The van der Waals surface area contributed by atoms with E-state index < -0.39 is 7.60 Å². The molecule has 6 heteroatoms. The summed E-state index contributed by atoms with van der Waals surface area (Å²) in [6.45, 7) is 1.15. The molecular formula is C10H12N2O3P+. The lowest BCUT2D eigenvalue weighted by molar-refractivity contribution is -0.728. The third kappa shape index (κ3) is 2.38. The van der Waals surface area contributed by atoms with Crippen LogP contribution in [-0.2, 0) is 11.6 Å². The molecule has 1 aromatic carbocycles. The molecule has 0 spiro atoms. The Kier molecular flexibility index (Phi) is 2.66. The molecule has 0 saturated carbocycles. The highest BCUT2D eigenvalue weighted by Crippen LogP contribution is 2.39. The van der Waals surface area contributed by atoms with Crippen molar-refractivity contribution in [2.75, 3.05) is 6.66 Å². The van der Waals surface area contributed by atoms with Crippen molar-refractivity contribution in [2.45, 2.75) is 0 Å². The number of rotatable bonds is 2. The molecule has 1 unspecified atom stereocenters. The number of hydrogen-bond acceptors (Lipinski definition) is 3. The number of aromatic nitrogens is 2. The van der Waals surface area contributed by atoms with E-state index in [1.807, 2.05) is 18.2 Å². The molecule has 84 valence electrons. The third-order valence-electron chi connectivity index (χ3n) is 2.01. The van der Waals surface area contributed by atoms with Crippen molar-refractivity contribution in [3.05, 3.63) is 30.5 Å². The fourth-order valence-corrected chi connectivity index (χ4v) is 1.97. The molecule has 0 fully saturated rings. The standard InChI is InChI=1S/C10H11N2O3P/c1-12-7-10(15-16(2,13)14)8-5-3-4-6-9(8)11-12/h3-7H,1-2H3/p+1. The molecule has 1 atom stereocenters. The Balaban J connectivity index is 2.63. The summed E-state index contributed by atoms with van der Waals surface area (Å²) < 4.78 is 17.8. The van der Waals surface area contributed by atoms with E-state index in [-0.39, 0.29) is 0 Å². The zero-order valence-corrected chi connectivity index (χ0v) is 9.89. The smallest absolute Gasteiger partial charge is 0.373 e. The maximum absolute atomic E-state index is 11.2. The highest BCUT2D eigenvalue weighted by atomic mass is 31.2. The van der Waals surface area contributed by atoms with Gasteiger partial charge in [-0.3, -0.25) is 0 Å². The molecule has 1 heterocycles. The Hall–Kier alpha value is -1.45. The van der Waals surface area contributed by atoms with Gasteiger partial charge in [-0.05, 0) is 12.1 Å². The Morgan fingerprint density at radius 2 is 2.12 bits per heavy atom. The lowest BCUT2D eigenvalue weighted by Gasteiger charge is -2.08. The largest absolute Gasteiger partial charge is 0.417 e. The summed E-state index contributed by atoms with van der Waals surface area (Å²) >= 11 is 0. The van der Waals surface area contributed by atoms with E-state index in [9.17, 15) is 9.46 Å². The summed E-state index contributed by atoms with van der Waals surface area (Å²) in [7, 11) is -1.82. The average Bonchev–Trinajstić information content (AvgIpc) is 2.14. The van der Waals surface area contributed by atoms with E-state index in [2.05, 4.69) is 5.10 Å². The molecule has 0 saturated heterocycles. The van der Waals surface area contributed by atoms with Crippen molar-refractivity contribution < 1.29 is 18.7 Å². The third-order valence-corrected chi connectivity index (χ3v) is 2.54. The van der Waals surface area contributed by atoms with Crippen LogP contribution in [0, 0.1) is 0 Å². The molecule has 0 amide bonds. The fourth-order valence-electron chi connectivity index (χ4n) is 1.46. The van der Waals surface area contributed by atoms with Crippen LogP contribution in [0.15, 0.2) is 30.5 Å². The van der Waals surface area contributed by atoms with E-state index in [1.165, 1.54) is 0 Å². The van der Waals surface area contributed by atoms with Gasteiger partial charge in [-0.15, -0.1) is 0 Å². The summed E-state index contributed by atoms with van der Waals surface area (Å²) in [5, 5.41) is 4.95. The van der Waals surface area contributed by atoms with Crippen molar-refractivity contribution >= 4 is 18.5 Å². The monoisotopic (exact) mass is 239 g/mol. The molecule has 2 aromatic rings. The van der Waals surface area contributed by atoms with Crippen molar-refractivity contribution in [1.82, 2.24) is 5.10 Å². The maximum atomic E-state index is 11.2. The molecule has 0 aliphatic heterocycles. The van der Waals surface area contributed by atoms with E-state index in [1.54, 1.807) is 24.0 Å². The van der Waals surface area contributed by atoms with Crippen molar-refractivity contribution in [3.63, 3.8) is 0 Å². The molecule has 0 aliphatic rings. The second-order valence-electron chi connectivity index (χ2n) is 3.58. The number of nitrogens with zero attached hydrogens (tertiary/aromatic N) is 2. The van der Waals surface area contributed by atoms with Crippen LogP contribution in [0.3, 0.4) is 0 Å². The van der Waals surface area contributed by atoms with Gasteiger partial charge in [-0.2, -0.15) is 0 Å². The Morgan fingerprint density at radius 3 is 2.81 bits per heavy atom. The Morgan fingerprint density at radius 1 is 1.44 bits per heavy atom. The quantitative estimate of drug-likeness (QED) is 0.632. The van der Waals surface area contributed by atoms with Crippen LogP contribution in [0.4, 0.5) is 0 Å². The first-order chi connectivity index (χ1) is 7.46. The van der Waals surface area contributed by atoms with Crippen LogP contribution in [0.2, 0.25) is 0 Å². The molecule has 2 rings (SSSR count). The van der Waals surface area contributed by atoms with Gasteiger partial charge in [-0.1, -0.05) is 16.8 Å². The summed E-state index contributed by atoms with van der Waals surface area (Å²) in [5.74, 6) is 0.362. The molecule has 0 radical (unpaired) electrons. The number of aryl methyl sites for hydroxylation is 1. The molecular weight excluding hydrogens is 227 g/mol. The van der Waals surface area contributed by atoms with Gasteiger partial charge in [0.05, 0.1) is 5.39 Å². The van der Waals surface area contributed by atoms with Gasteiger partial charge in [0, 0.05) is 11.8 Å². The molecule has 1 N–H and O–H groups in total. The van der Waals surface area contributed by atoms with Gasteiger partial charge in [0.1, 0.15) is 5.52 Å². The minimum atomic E-state index is -3.55. The van der Waals surface area contributed by atoms with Crippen molar-refractivity contribution in [1.29, 1.82) is 0 Å². The Bertz CT molecular complexity index is 579. The molecule has 0 bridgehead atoms. The summed E-state index contributed by atoms with van der Waals surface area (Å²) in [5.41, 5.74) is 0.718. The summed E-state index contributed by atoms with van der Waals surface area (Å²) in [6.07, 6.45) is 1.58. The van der Waals surface area contributed by atoms with E-state index in [4.69, 9.17) is 4.52 Å². The summed E-state index contributed by atoms with van der Waals surface area (Å²) in [4.78, 5) is 9.23.